The molecule has 154 valence electrons. The van der Waals surface area contributed by atoms with Gasteiger partial charge in [-0.05, 0) is 62.7 Å². The predicted molar refractivity (Wildman–Crippen MR) is 140 cm³/mol. The Balaban J connectivity index is 1.74. The maximum Gasteiger partial charge on any atom is 0.136 e. The number of fused-ring (bicyclic) bond motifs is 7. The Hall–Kier alpha value is -4.36. The molecule has 0 spiro atoms. The molecule has 0 bridgehead atoms. The first kappa shape index (κ1) is 18.2. The van der Waals surface area contributed by atoms with Gasteiger partial charge in [0.1, 0.15) is 11.2 Å². The Morgan fingerprint density at radius 3 is 1.82 bits per heavy atom. The molecular weight excluding hydrogens is 400 g/mol. The zero-order valence-corrected chi connectivity index (χ0v) is 18.0. The van der Waals surface area contributed by atoms with Gasteiger partial charge in [0.05, 0.1) is 0 Å². The van der Waals surface area contributed by atoms with E-state index in [4.69, 9.17) is 4.42 Å². The van der Waals surface area contributed by atoms with E-state index in [9.17, 15) is 0 Å². The van der Waals surface area contributed by atoms with E-state index in [1.165, 1.54) is 49.2 Å². The zero-order chi connectivity index (χ0) is 21.8. The summed E-state index contributed by atoms with van der Waals surface area (Å²) in [5, 5.41) is 7.37. The van der Waals surface area contributed by atoms with Crippen molar-refractivity contribution in [3.63, 3.8) is 0 Å². The molecule has 7 rings (SSSR count). The highest BCUT2D eigenvalue weighted by atomic mass is 16.3. The van der Waals surface area contributed by atoms with Crippen LogP contribution in [0.2, 0.25) is 0 Å². The average molecular weight is 421 g/mol. The first-order valence-electron chi connectivity index (χ1n) is 11.3. The van der Waals surface area contributed by atoms with Crippen molar-refractivity contribution in [3.8, 4) is 22.3 Å². The molecule has 1 heteroatoms. The van der Waals surface area contributed by atoms with E-state index < -0.39 is 0 Å². The standard InChI is InChI=1S/C32H20O/c1-3-10-21(11-4-1)23-15-9-16-24-28(23)20-27(22-12-5-2-6-13-22)25-18-19-30-32(31(24)25)26-14-7-8-17-29(26)33-30/h1-20H. The van der Waals surface area contributed by atoms with Gasteiger partial charge in [-0.15, -0.1) is 0 Å². The molecular formula is C32H20O. The highest BCUT2D eigenvalue weighted by Crippen LogP contribution is 2.44. The maximum atomic E-state index is 6.27. The number of hydrogen-bond acceptors (Lipinski definition) is 1. The second kappa shape index (κ2) is 7.08. The third-order valence-electron chi connectivity index (χ3n) is 6.67. The van der Waals surface area contributed by atoms with Crippen molar-refractivity contribution in [1.82, 2.24) is 0 Å². The van der Waals surface area contributed by atoms with Crippen LogP contribution in [0.4, 0.5) is 0 Å². The SMILES string of the molecule is c1ccc(-c2cccc3c2cc(-c2ccccc2)c2ccc4oc5ccccc5c4c23)cc1. The van der Waals surface area contributed by atoms with Crippen LogP contribution < -0.4 is 0 Å². The lowest BCUT2D eigenvalue weighted by atomic mass is 9.88. The molecule has 0 radical (unpaired) electrons. The monoisotopic (exact) mass is 420 g/mol. The van der Waals surface area contributed by atoms with Crippen LogP contribution in [-0.2, 0) is 0 Å². The molecule has 1 aromatic heterocycles. The topological polar surface area (TPSA) is 13.1 Å². The number of para-hydroxylation sites is 1. The minimum Gasteiger partial charge on any atom is -0.456 e. The first-order valence-corrected chi connectivity index (χ1v) is 11.3. The fraction of sp³-hybridized carbons (Fsp3) is 0. The largest absolute Gasteiger partial charge is 0.456 e. The van der Waals surface area contributed by atoms with Crippen molar-refractivity contribution in [2.45, 2.75) is 0 Å². The molecule has 6 aromatic carbocycles. The van der Waals surface area contributed by atoms with E-state index in [1.54, 1.807) is 0 Å². The quantitative estimate of drug-likeness (QED) is 0.254. The van der Waals surface area contributed by atoms with Crippen molar-refractivity contribution in [2.24, 2.45) is 0 Å². The molecule has 0 aliphatic heterocycles. The van der Waals surface area contributed by atoms with E-state index in [0.29, 0.717) is 0 Å². The zero-order valence-electron chi connectivity index (χ0n) is 18.0. The van der Waals surface area contributed by atoms with Crippen molar-refractivity contribution < 1.29 is 4.42 Å². The van der Waals surface area contributed by atoms with E-state index >= 15 is 0 Å². The molecule has 7 aromatic rings. The molecule has 0 saturated heterocycles. The van der Waals surface area contributed by atoms with Crippen LogP contribution in [0, 0.1) is 0 Å². The summed E-state index contributed by atoms with van der Waals surface area (Å²) < 4.78 is 6.27. The van der Waals surface area contributed by atoms with Gasteiger partial charge in [-0.25, -0.2) is 0 Å². The summed E-state index contributed by atoms with van der Waals surface area (Å²) in [6.45, 7) is 0. The van der Waals surface area contributed by atoms with Crippen LogP contribution in [0.15, 0.2) is 126 Å². The molecule has 0 unspecified atom stereocenters. The summed E-state index contributed by atoms with van der Waals surface area (Å²) in [6.07, 6.45) is 0. The molecule has 0 N–H and O–H groups in total. The van der Waals surface area contributed by atoms with Crippen molar-refractivity contribution in [1.29, 1.82) is 0 Å². The summed E-state index contributed by atoms with van der Waals surface area (Å²) in [4.78, 5) is 0. The van der Waals surface area contributed by atoms with Gasteiger partial charge >= 0.3 is 0 Å². The number of benzene rings is 6. The summed E-state index contributed by atoms with van der Waals surface area (Å²) in [5.74, 6) is 0. The highest BCUT2D eigenvalue weighted by Gasteiger charge is 2.17. The molecule has 1 nitrogen and oxygen atoms in total. The van der Waals surface area contributed by atoms with Crippen LogP contribution in [-0.4, -0.2) is 0 Å². The average Bonchev–Trinajstić information content (AvgIpc) is 3.27. The Kier molecular flexibility index (Phi) is 3.91. The Morgan fingerprint density at radius 1 is 0.364 bits per heavy atom. The summed E-state index contributed by atoms with van der Waals surface area (Å²) in [5.41, 5.74) is 6.80. The second-order valence-electron chi connectivity index (χ2n) is 8.52. The van der Waals surface area contributed by atoms with Crippen LogP contribution in [0.5, 0.6) is 0 Å². The molecule has 0 atom stereocenters. The van der Waals surface area contributed by atoms with Gasteiger partial charge in [0, 0.05) is 16.2 Å². The Morgan fingerprint density at radius 2 is 1.03 bits per heavy atom. The molecule has 0 saturated carbocycles. The Labute approximate surface area is 191 Å². The smallest absolute Gasteiger partial charge is 0.136 e. The summed E-state index contributed by atoms with van der Waals surface area (Å²) in [6, 6.07) is 43.1. The van der Waals surface area contributed by atoms with E-state index in [0.717, 1.165) is 16.6 Å². The summed E-state index contributed by atoms with van der Waals surface area (Å²) >= 11 is 0. The summed E-state index contributed by atoms with van der Waals surface area (Å²) in [7, 11) is 0. The van der Waals surface area contributed by atoms with Crippen molar-refractivity contribution in [3.05, 3.63) is 121 Å². The molecule has 0 amide bonds. The van der Waals surface area contributed by atoms with Crippen LogP contribution in [0.25, 0.3) is 65.7 Å². The number of rotatable bonds is 2. The van der Waals surface area contributed by atoms with Gasteiger partial charge in [-0.2, -0.15) is 0 Å². The van der Waals surface area contributed by atoms with Gasteiger partial charge in [-0.3, -0.25) is 0 Å². The lowest BCUT2D eigenvalue weighted by Gasteiger charge is -2.15. The van der Waals surface area contributed by atoms with E-state index in [2.05, 4.69) is 115 Å². The number of furan rings is 1. The van der Waals surface area contributed by atoms with Gasteiger partial charge in [0.15, 0.2) is 0 Å². The minimum atomic E-state index is 0.928. The third-order valence-corrected chi connectivity index (χ3v) is 6.67. The van der Waals surface area contributed by atoms with Crippen LogP contribution in [0.1, 0.15) is 0 Å². The number of hydrogen-bond donors (Lipinski definition) is 0. The van der Waals surface area contributed by atoms with Gasteiger partial charge in [-0.1, -0.05) is 97.1 Å². The van der Waals surface area contributed by atoms with Gasteiger partial charge in [0.25, 0.3) is 0 Å². The molecule has 0 aliphatic carbocycles. The first-order chi connectivity index (χ1) is 16.4. The van der Waals surface area contributed by atoms with Gasteiger partial charge in [0.2, 0.25) is 0 Å². The van der Waals surface area contributed by atoms with Crippen molar-refractivity contribution in [2.75, 3.05) is 0 Å². The minimum absolute atomic E-state index is 0.928. The molecule has 0 fully saturated rings. The van der Waals surface area contributed by atoms with Crippen LogP contribution >= 0.6 is 0 Å². The van der Waals surface area contributed by atoms with E-state index in [-0.39, 0.29) is 0 Å². The lowest BCUT2D eigenvalue weighted by Crippen LogP contribution is -1.88. The van der Waals surface area contributed by atoms with Crippen LogP contribution in [0.3, 0.4) is 0 Å². The van der Waals surface area contributed by atoms with Gasteiger partial charge < -0.3 is 4.42 Å². The molecule has 0 aliphatic rings. The predicted octanol–water partition coefficient (Wildman–Crippen LogP) is 9.23. The van der Waals surface area contributed by atoms with Crippen molar-refractivity contribution >= 4 is 43.5 Å². The van der Waals surface area contributed by atoms with E-state index in [1.807, 2.05) is 6.07 Å². The highest BCUT2D eigenvalue weighted by molar-refractivity contribution is 6.30. The fourth-order valence-electron chi connectivity index (χ4n) is 5.21. The molecule has 1 heterocycles. The molecule has 33 heavy (non-hydrogen) atoms. The second-order valence-corrected chi connectivity index (χ2v) is 8.52. The normalized spacial score (nSPS) is 11.6. The fourth-order valence-corrected chi connectivity index (χ4v) is 5.21. The lowest BCUT2D eigenvalue weighted by molar-refractivity contribution is 0.669. The maximum absolute atomic E-state index is 6.27. The third kappa shape index (κ3) is 2.73. The Bertz CT molecular complexity index is 1790.